The van der Waals surface area contributed by atoms with E-state index in [1.54, 1.807) is 0 Å². The molecule has 1 saturated carbocycles. The molecule has 0 aromatic heterocycles. The lowest BCUT2D eigenvalue weighted by molar-refractivity contribution is -0.132. The van der Waals surface area contributed by atoms with Crippen molar-refractivity contribution in [2.75, 3.05) is 0 Å². The minimum absolute atomic E-state index is 0.0265. The monoisotopic (exact) mass is 450 g/mol. The summed E-state index contributed by atoms with van der Waals surface area (Å²) in [7, 11) is -2.55. The third-order valence-electron chi connectivity index (χ3n) is 6.85. The van der Waals surface area contributed by atoms with Gasteiger partial charge in [0.05, 0.1) is 0 Å². The van der Waals surface area contributed by atoms with Gasteiger partial charge in [0.1, 0.15) is 0 Å². The molecule has 1 fully saturated rings. The zero-order valence-corrected chi connectivity index (χ0v) is 21.0. The molecule has 3 nitrogen and oxygen atoms in total. The predicted octanol–water partition coefficient (Wildman–Crippen LogP) is 5.93. The summed E-state index contributed by atoms with van der Waals surface area (Å²) in [6.07, 6.45) is 7.90. The van der Waals surface area contributed by atoms with Crippen LogP contribution in [0.2, 0.25) is 5.04 Å². The maximum atomic E-state index is 11.4. The molecule has 1 aliphatic rings. The number of rotatable bonds is 8. The predicted molar refractivity (Wildman–Crippen MR) is 135 cm³/mol. The van der Waals surface area contributed by atoms with Crippen LogP contribution < -0.4 is 10.4 Å². The zero-order valence-electron chi connectivity index (χ0n) is 20.0. The molecule has 172 valence electrons. The summed E-state index contributed by atoms with van der Waals surface area (Å²) >= 11 is 0. The summed E-state index contributed by atoms with van der Waals surface area (Å²) in [5.41, 5.74) is 0.528. The summed E-state index contributed by atoms with van der Waals surface area (Å²) < 4.78 is 7.33. The van der Waals surface area contributed by atoms with E-state index in [4.69, 9.17) is 4.43 Å². The summed E-state index contributed by atoms with van der Waals surface area (Å²) in [6, 6.07) is 21.6. The van der Waals surface area contributed by atoms with E-state index >= 15 is 0 Å². The Morgan fingerprint density at radius 3 is 2.06 bits per heavy atom. The van der Waals surface area contributed by atoms with E-state index in [0.717, 1.165) is 32.1 Å². The maximum absolute atomic E-state index is 11.4. The van der Waals surface area contributed by atoms with Crippen LogP contribution in [0.25, 0.3) is 0 Å². The molecule has 0 aliphatic heterocycles. The molecule has 0 unspecified atom stereocenters. The number of carboxylic acid groups (broad SMARTS) is 1. The van der Waals surface area contributed by atoms with Crippen molar-refractivity contribution in [3.05, 3.63) is 72.3 Å². The van der Waals surface area contributed by atoms with Crippen LogP contribution in [-0.4, -0.2) is 25.5 Å². The van der Waals surface area contributed by atoms with Crippen LogP contribution in [-0.2, 0) is 9.22 Å². The van der Waals surface area contributed by atoms with E-state index in [-0.39, 0.29) is 11.1 Å². The Hall–Kier alpha value is -2.17. The molecular weight excluding hydrogens is 412 g/mol. The maximum Gasteiger partial charge on any atom is 0.331 e. The van der Waals surface area contributed by atoms with Gasteiger partial charge in [-0.1, -0.05) is 101 Å². The van der Waals surface area contributed by atoms with Gasteiger partial charge in [-0.25, -0.2) is 4.79 Å². The summed E-state index contributed by atoms with van der Waals surface area (Å²) in [6.45, 7) is 8.88. The Kier molecular flexibility index (Phi) is 8.13. The van der Waals surface area contributed by atoms with Crippen molar-refractivity contribution < 1.29 is 14.3 Å². The fraction of sp³-hybridized carbons (Fsp3) is 0.464. The second kappa shape index (κ2) is 10.6. The smallest absolute Gasteiger partial charge is 0.331 e. The van der Waals surface area contributed by atoms with E-state index in [0.29, 0.717) is 17.9 Å². The van der Waals surface area contributed by atoms with Crippen LogP contribution in [0.3, 0.4) is 0 Å². The fourth-order valence-corrected chi connectivity index (χ4v) is 9.92. The van der Waals surface area contributed by atoms with Crippen LogP contribution >= 0.6 is 0 Å². The van der Waals surface area contributed by atoms with Gasteiger partial charge in [0.15, 0.2) is 0 Å². The Bertz CT molecular complexity index is 860. The van der Waals surface area contributed by atoms with E-state index < -0.39 is 14.3 Å². The van der Waals surface area contributed by atoms with Gasteiger partial charge in [-0.3, -0.25) is 0 Å². The fourth-order valence-electron chi connectivity index (χ4n) is 5.20. The number of carbonyl (C=O) groups is 1. The Balaban J connectivity index is 1.93. The largest absolute Gasteiger partial charge is 0.478 e. The van der Waals surface area contributed by atoms with Crippen molar-refractivity contribution in [1.29, 1.82) is 0 Å². The topological polar surface area (TPSA) is 46.5 Å². The Morgan fingerprint density at radius 2 is 1.59 bits per heavy atom. The lowest BCUT2D eigenvalue weighted by Gasteiger charge is -2.46. The molecule has 1 aliphatic carbocycles. The van der Waals surface area contributed by atoms with Gasteiger partial charge >= 0.3 is 5.97 Å². The number of carboxylic acids is 1. The van der Waals surface area contributed by atoms with Gasteiger partial charge < -0.3 is 9.53 Å². The van der Waals surface area contributed by atoms with Crippen molar-refractivity contribution >= 4 is 24.7 Å². The number of aliphatic carboxylic acids is 1. The highest BCUT2D eigenvalue weighted by Crippen LogP contribution is 2.40. The molecule has 1 N–H and O–H groups in total. The zero-order chi connectivity index (χ0) is 23.2. The third kappa shape index (κ3) is 5.41. The molecule has 0 amide bonds. The Morgan fingerprint density at radius 1 is 1.03 bits per heavy atom. The van der Waals surface area contributed by atoms with Crippen LogP contribution in [0, 0.1) is 5.92 Å². The molecule has 0 spiro atoms. The van der Waals surface area contributed by atoms with E-state index in [9.17, 15) is 9.90 Å². The minimum atomic E-state index is -2.55. The molecule has 0 heterocycles. The van der Waals surface area contributed by atoms with Crippen molar-refractivity contribution in [1.82, 2.24) is 0 Å². The molecule has 2 aromatic rings. The molecule has 4 heteroatoms. The van der Waals surface area contributed by atoms with E-state index in [1.165, 1.54) is 10.4 Å². The highest BCUT2D eigenvalue weighted by Gasteiger charge is 2.51. The SMILES string of the molecule is CC/C(=C\C[C@H]1CCC[C@@H](O[Si](c2ccccc2)(c2ccccc2)C(C)(C)C)C1)C(=O)O. The first-order valence-electron chi connectivity index (χ1n) is 12.0. The van der Waals surface area contributed by atoms with Crippen molar-refractivity contribution in [3.8, 4) is 0 Å². The minimum Gasteiger partial charge on any atom is -0.478 e. The van der Waals surface area contributed by atoms with Gasteiger partial charge in [0.2, 0.25) is 0 Å². The van der Waals surface area contributed by atoms with Crippen molar-refractivity contribution in [2.45, 2.75) is 77.4 Å². The molecular formula is C28H38O3Si. The lowest BCUT2D eigenvalue weighted by atomic mass is 9.84. The summed E-state index contributed by atoms with van der Waals surface area (Å²) in [5.74, 6) is -0.309. The summed E-state index contributed by atoms with van der Waals surface area (Å²) in [4.78, 5) is 11.4. The molecule has 3 rings (SSSR count). The molecule has 0 radical (unpaired) electrons. The summed E-state index contributed by atoms with van der Waals surface area (Å²) in [5, 5.41) is 12.0. The quantitative estimate of drug-likeness (QED) is 0.400. The molecule has 0 bridgehead atoms. The van der Waals surface area contributed by atoms with Gasteiger partial charge in [-0.15, -0.1) is 0 Å². The number of benzene rings is 2. The highest BCUT2D eigenvalue weighted by atomic mass is 28.4. The van der Waals surface area contributed by atoms with Gasteiger partial charge in [0.25, 0.3) is 8.32 Å². The average Bonchev–Trinajstić information content (AvgIpc) is 2.78. The highest BCUT2D eigenvalue weighted by molar-refractivity contribution is 6.99. The van der Waals surface area contributed by atoms with Gasteiger partial charge in [-0.05, 0) is 53.4 Å². The van der Waals surface area contributed by atoms with Crippen LogP contribution in [0.15, 0.2) is 72.3 Å². The van der Waals surface area contributed by atoms with Gasteiger partial charge in [0, 0.05) is 11.7 Å². The van der Waals surface area contributed by atoms with Crippen molar-refractivity contribution in [2.24, 2.45) is 5.92 Å². The second-order valence-electron chi connectivity index (χ2n) is 10.1. The lowest BCUT2D eigenvalue weighted by Crippen LogP contribution is -2.67. The normalized spacial score (nSPS) is 20.2. The molecule has 2 atom stereocenters. The first-order valence-corrected chi connectivity index (χ1v) is 13.9. The van der Waals surface area contributed by atoms with Crippen molar-refractivity contribution in [3.63, 3.8) is 0 Å². The first kappa shape index (κ1) is 24.5. The van der Waals surface area contributed by atoms with Crippen LogP contribution in [0.5, 0.6) is 0 Å². The molecule has 0 saturated heterocycles. The number of allylic oxidation sites excluding steroid dienone is 1. The van der Waals surface area contributed by atoms with Crippen LogP contribution in [0.4, 0.5) is 0 Å². The second-order valence-corrected chi connectivity index (χ2v) is 14.3. The van der Waals surface area contributed by atoms with Gasteiger partial charge in [-0.2, -0.15) is 0 Å². The third-order valence-corrected chi connectivity index (χ3v) is 11.9. The first-order chi connectivity index (χ1) is 15.3. The standard InChI is InChI=1S/C28H38O3Si/c1-5-23(27(29)30)20-19-22-13-12-14-24(21-22)31-32(28(2,3)4,25-15-8-6-9-16-25)26-17-10-7-11-18-26/h6-11,15-18,20,22,24H,5,12-14,19,21H2,1-4H3,(H,29,30)/b23-20+/t22-,24-/m1/s1. The van der Waals surface area contributed by atoms with Crippen LogP contribution in [0.1, 0.15) is 66.2 Å². The molecule has 2 aromatic carbocycles. The average molecular weight is 451 g/mol. The Labute approximate surface area is 194 Å². The van der Waals surface area contributed by atoms with E-state index in [1.807, 2.05) is 13.0 Å². The number of hydrogen-bond donors (Lipinski definition) is 1. The number of hydrogen-bond acceptors (Lipinski definition) is 2. The molecule has 32 heavy (non-hydrogen) atoms. The van der Waals surface area contributed by atoms with E-state index in [2.05, 4.69) is 81.4 Å².